The Hall–Kier alpha value is -1.88. The van der Waals surface area contributed by atoms with Gasteiger partial charge in [-0.05, 0) is 25.0 Å². The van der Waals surface area contributed by atoms with E-state index in [2.05, 4.69) is 5.32 Å². The number of nitrogens with one attached hydrogen (secondary N) is 1. The second-order valence-corrected chi connectivity index (χ2v) is 5.69. The third-order valence-corrected chi connectivity index (χ3v) is 4.25. The van der Waals surface area contributed by atoms with Crippen LogP contribution >= 0.6 is 0 Å². The maximum Gasteiger partial charge on any atom is 0.328 e. The van der Waals surface area contributed by atoms with Gasteiger partial charge >= 0.3 is 6.03 Å². The predicted octanol–water partition coefficient (Wildman–Crippen LogP) is 2.64. The van der Waals surface area contributed by atoms with Crippen molar-refractivity contribution in [3.05, 3.63) is 30.3 Å². The number of amides is 3. The quantitative estimate of drug-likeness (QED) is 0.864. The second kappa shape index (κ2) is 6.26. The van der Waals surface area contributed by atoms with Crippen molar-refractivity contribution in [1.29, 1.82) is 0 Å². The standard InChI is InChI=1S/C16H20N2O3/c19-15-11-21-14-9-5-4-6-12(14)10-18(15)16(20)17-13-7-2-1-3-8-13/h1-3,7-8,12,14H,4-6,9-11H2,(H,17,20)/t12-,14+/m1/s1. The lowest BCUT2D eigenvalue weighted by Crippen LogP contribution is -2.43. The number of benzene rings is 1. The number of hydrogen-bond donors (Lipinski definition) is 1. The van der Waals surface area contributed by atoms with Gasteiger partial charge in [-0.2, -0.15) is 0 Å². The molecule has 2 fully saturated rings. The van der Waals surface area contributed by atoms with Crippen LogP contribution < -0.4 is 5.32 Å². The summed E-state index contributed by atoms with van der Waals surface area (Å²) >= 11 is 0. The Kier molecular flexibility index (Phi) is 4.20. The fourth-order valence-electron chi connectivity index (χ4n) is 3.10. The fourth-order valence-corrected chi connectivity index (χ4v) is 3.10. The normalized spacial score (nSPS) is 25.9. The average molecular weight is 288 g/mol. The molecule has 2 atom stereocenters. The van der Waals surface area contributed by atoms with E-state index in [-0.39, 0.29) is 30.6 Å². The van der Waals surface area contributed by atoms with E-state index >= 15 is 0 Å². The van der Waals surface area contributed by atoms with Crippen molar-refractivity contribution < 1.29 is 14.3 Å². The Labute approximate surface area is 124 Å². The highest BCUT2D eigenvalue weighted by atomic mass is 16.5. The van der Waals surface area contributed by atoms with Gasteiger partial charge in [0.1, 0.15) is 6.61 Å². The van der Waals surface area contributed by atoms with Gasteiger partial charge in [0.15, 0.2) is 0 Å². The number of nitrogens with zero attached hydrogens (tertiary/aromatic N) is 1. The molecule has 21 heavy (non-hydrogen) atoms. The molecule has 1 heterocycles. The molecule has 1 aliphatic carbocycles. The van der Waals surface area contributed by atoms with E-state index in [4.69, 9.17) is 4.74 Å². The van der Waals surface area contributed by atoms with Crippen LogP contribution in [0.3, 0.4) is 0 Å². The number of para-hydroxylation sites is 1. The van der Waals surface area contributed by atoms with E-state index in [1.165, 1.54) is 4.90 Å². The smallest absolute Gasteiger partial charge is 0.328 e. The summed E-state index contributed by atoms with van der Waals surface area (Å²) in [6.45, 7) is 0.464. The minimum absolute atomic E-state index is 0.00335. The van der Waals surface area contributed by atoms with E-state index < -0.39 is 0 Å². The Morgan fingerprint density at radius 1 is 1.19 bits per heavy atom. The number of hydrogen-bond acceptors (Lipinski definition) is 3. The molecule has 1 saturated heterocycles. The second-order valence-electron chi connectivity index (χ2n) is 5.69. The largest absolute Gasteiger partial charge is 0.368 e. The molecule has 1 aromatic carbocycles. The molecular formula is C16H20N2O3. The number of carbonyl (C=O) groups is 2. The lowest BCUT2D eigenvalue weighted by Gasteiger charge is -2.30. The molecule has 1 aliphatic heterocycles. The molecule has 0 aromatic heterocycles. The average Bonchev–Trinajstić information content (AvgIpc) is 2.68. The fraction of sp³-hybridized carbons (Fsp3) is 0.500. The van der Waals surface area contributed by atoms with Crippen molar-refractivity contribution in [2.75, 3.05) is 18.5 Å². The number of urea groups is 1. The SMILES string of the molecule is O=C1CO[C@H]2CCCC[C@@H]2CN1C(=O)Nc1ccccc1. The highest BCUT2D eigenvalue weighted by molar-refractivity contribution is 6.01. The highest BCUT2D eigenvalue weighted by Crippen LogP contribution is 2.29. The van der Waals surface area contributed by atoms with Crippen molar-refractivity contribution in [2.45, 2.75) is 31.8 Å². The molecule has 0 bridgehead atoms. The molecule has 5 nitrogen and oxygen atoms in total. The summed E-state index contributed by atoms with van der Waals surface area (Å²) in [5.74, 6) is 0.0181. The third kappa shape index (κ3) is 3.24. The number of carbonyl (C=O) groups excluding carboxylic acids is 2. The lowest BCUT2D eigenvalue weighted by molar-refractivity contribution is -0.132. The van der Waals surface area contributed by atoms with Crippen LogP contribution in [0.1, 0.15) is 25.7 Å². The molecule has 3 amide bonds. The molecular weight excluding hydrogens is 268 g/mol. The Balaban J connectivity index is 1.70. The summed E-state index contributed by atoms with van der Waals surface area (Å²) in [6, 6.07) is 8.83. The summed E-state index contributed by atoms with van der Waals surface area (Å²) in [5, 5.41) is 2.78. The molecule has 1 aromatic rings. The van der Waals surface area contributed by atoms with Gasteiger partial charge in [0.2, 0.25) is 0 Å². The van der Waals surface area contributed by atoms with Crippen molar-refractivity contribution in [1.82, 2.24) is 4.90 Å². The molecule has 1 N–H and O–H groups in total. The van der Waals surface area contributed by atoms with Crippen LogP contribution in [0.2, 0.25) is 0 Å². The highest BCUT2D eigenvalue weighted by Gasteiger charge is 2.35. The van der Waals surface area contributed by atoms with Crippen molar-refractivity contribution >= 4 is 17.6 Å². The monoisotopic (exact) mass is 288 g/mol. The van der Waals surface area contributed by atoms with Crippen LogP contribution in [-0.2, 0) is 9.53 Å². The van der Waals surface area contributed by atoms with Crippen molar-refractivity contribution in [3.8, 4) is 0 Å². The van der Waals surface area contributed by atoms with Gasteiger partial charge in [-0.15, -0.1) is 0 Å². The maximum atomic E-state index is 12.3. The number of fused-ring (bicyclic) bond motifs is 1. The van der Waals surface area contributed by atoms with Gasteiger partial charge < -0.3 is 10.1 Å². The van der Waals surface area contributed by atoms with E-state index in [1.807, 2.05) is 18.2 Å². The molecule has 2 aliphatic rings. The van der Waals surface area contributed by atoms with Gasteiger partial charge in [-0.3, -0.25) is 9.69 Å². The van der Waals surface area contributed by atoms with Crippen LogP contribution in [0.5, 0.6) is 0 Å². The Morgan fingerprint density at radius 2 is 1.95 bits per heavy atom. The summed E-state index contributed by atoms with van der Waals surface area (Å²) in [4.78, 5) is 25.8. The molecule has 112 valence electrons. The van der Waals surface area contributed by atoms with Gasteiger partial charge in [0, 0.05) is 18.2 Å². The minimum Gasteiger partial charge on any atom is -0.368 e. The first-order valence-corrected chi connectivity index (χ1v) is 7.52. The van der Waals surface area contributed by atoms with E-state index in [9.17, 15) is 9.59 Å². The first-order chi connectivity index (χ1) is 10.2. The maximum absolute atomic E-state index is 12.3. The van der Waals surface area contributed by atoms with Gasteiger partial charge in [-0.1, -0.05) is 31.0 Å². The van der Waals surface area contributed by atoms with Crippen LogP contribution in [0.4, 0.5) is 10.5 Å². The van der Waals surface area contributed by atoms with Crippen LogP contribution in [0.25, 0.3) is 0 Å². The molecule has 0 radical (unpaired) electrons. The van der Waals surface area contributed by atoms with E-state index in [0.29, 0.717) is 12.2 Å². The first kappa shape index (κ1) is 14.1. The van der Waals surface area contributed by atoms with Crippen molar-refractivity contribution in [2.24, 2.45) is 5.92 Å². The zero-order chi connectivity index (χ0) is 14.7. The van der Waals surface area contributed by atoms with Gasteiger partial charge in [0.25, 0.3) is 5.91 Å². The minimum atomic E-state index is -0.360. The zero-order valence-corrected chi connectivity index (χ0v) is 12.0. The van der Waals surface area contributed by atoms with Crippen LogP contribution in [0.15, 0.2) is 30.3 Å². The Morgan fingerprint density at radius 3 is 2.76 bits per heavy atom. The molecule has 5 heteroatoms. The third-order valence-electron chi connectivity index (χ3n) is 4.25. The van der Waals surface area contributed by atoms with Gasteiger partial charge in [0.05, 0.1) is 6.10 Å². The zero-order valence-electron chi connectivity index (χ0n) is 12.0. The first-order valence-electron chi connectivity index (χ1n) is 7.52. The summed E-state index contributed by atoms with van der Waals surface area (Å²) in [5.41, 5.74) is 0.695. The van der Waals surface area contributed by atoms with Crippen molar-refractivity contribution in [3.63, 3.8) is 0 Å². The molecule has 3 rings (SSSR count). The molecule has 1 saturated carbocycles. The van der Waals surface area contributed by atoms with Gasteiger partial charge in [-0.25, -0.2) is 4.79 Å². The topological polar surface area (TPSA) is 58.6 Å². The number of anilines is 1. The van der Waals surface area contributed by atoms with E-state index in [0.717, 1.165) is 25.7 Å². The molecule has 0 unspecified atom stereocenters. The lowest BCUT2D eigenvalue weighted by atomic mass is 9.86. The Bertz CT molecular complexity index is 518. The van der Waals surface area contributed by atoms with E-state index in [1.54, 1.807) is 12.1 Å². The number of rotatable bonds is 1. The summed E-state index contributed by atoms with van der Waals surface area (Å²) in [6.07, 6.45) is 4.43. The summed E-state index contributed by atoms with van der Waals surface area (Å²) in [7, 11) is 0. The van der Waals surface area contributed by atoms with Crippen LogP contribution in [0, 0.1) is 5.92 Å². The molecule has 0 spiro atoms. The number of imide groups is 1. The number of ether oxygens (including phenoxy) is 1. The predicted molar refractivity (Wildman–Crippen MR) is 78.9 cm³/mol. The summed E-state index contributed by atoms with van der Waals surface area (Å²) < 4.78 is 5.68. The van der Waals surface area contributed by atoms with Crippen LogP contribution in [-0.4, -0.2) is 36.1 Å².